The van der Waals surface area contributed by atoms with E-state index in [1.54, 1.807) is 42.5 Å². The summed E-state index contributed by atoms with van der Waals surface area (Å²) in [7, 11) is 1.44. The highest BCUT2D eigenvalue weighted by Gasteiger charge is 2.36. The Labute approximate surface area is 199 Å². The molecule has 0 bridgehead atoms. The van der Waals surface area contributed by atoms with Gasteiger partial charge in [-0.05, 0) is 42.0 Å². The first-order chi connectivity index (χ1) is 16.9. The molecule has 1 fully saturated rings. The van der Waals surface area contributed by atoms with E-state index >= 15 is 0 Å². The third kappa shape index (κ3) is 5.06. The summed E-state index contributed by atoms with van der Waals surface area (Å²) < 4.78 is 16.5. The van der Waals surface area contributed by atoms with E-state index in [1.807, 2.05) is 0 Å². The molecule has 4 rings (SSSR count). The third-order valence-corrected chi connectivity index (χ3v) is 5.17. The lowest BCUT2D eigenvalue weighted by Crippen LogP contribution is -2.53. The first-order valence-corrected chi connectivity index (χ1v) is 10.4. The number of para-hydroxylation sites is 1. The van der Waals surface area contributed by atoms with Crippen molar-refractivity contribution in [3.63, 3.8) is 0 Å². The number of benzene rings is 2. The number of urea groups is 1. The van der Waals surface area contributed by atoms with Crippen LogP contribution in [-0.4, -0.2) is 40.9 Å². The lowest BCUT2D eigenvalue weighted by atomic mass is 10.1. The highest BCUT2D eigenvalue weighted by atomic mass is 16.5. The van der Waals surface area contributed by atoms with Gasteiger partial charge in [0, 0.05) is 5.56 Å². The fraction of sp³-hybridized carbons (Fsp3) is 0.120. The second kappa shape index (κ2) is 9.96. The molecule has 1 aliphatic heterocycles. The summed E-state index contributed by atoms with van der Waals surface area (Å²) in [6.07, 6.45) is 2.72. The molecular weight excluding hydrogens is 456 g/mol. The molecule has 0 unspecified atom stereocenters. The average Bonchev–Trinajstić information content (AvgIpc) is 3.36. The molecule has 2 aromatic carbocycles. The first-order valence-electron chi connectivity index (χ1n) is 10.4. The number of hydrogen-bond acceptors (Lipinski definition) is 7. The number of aromatic carboxylic acids is 1. The van der Waals surface area contributed by atoms with Gasteiger partial charge in [0.2, 0.25) is 0 Å². The van der Waals surface area contributed by atoms with Gasteiger partial charge in [0.05, 0.1) is 25.5 Å². The van der Waals surface area contributed by atoms with Crippen molar-refractivity contribution in [1.82, 2.24) is 10.2 Å². The van der Waals surface area contributed by atoms with Crippen LogP contribution in [0, 0.1) is 0 Å². The number of carbonyl (C=O) groups is 4. The van der Waals surface area contributed by atoms with E-state index < -0.39 is 23.8 Å². The molecule has 3 aromatic rings. The lowest BCUT2D eigenvalue weighted by Gasteiger charge is -2.25. The normalized spacial score (nSPS) is 14.7. The number of hydrogen-bond donors (Lipinski definition) is 2. The van der Waals surface area contributed by atoms with Crippen molar-refractivity contribution in [2.75, 3.05) is 7.11 Å². The quantitative estimate of drug-likeness (QED) is 0.374. The van der Waals surface area contributed by atoms with Gasteiger partial charge in [0.25, 0.3) is 11.8 Å². The van der Waals surface area contributed by atoms with Gasteiger partial charge in [-0.3, -0.25) is 19.8 Å². The molecule has 35 heavy (non-hydrogen) atoms. The average molecular weight is 476 g/mol. The molecule has 4 amide bonds. The minimum absolute atomic E-state index is 0.000907. The van der Waals surface area contributed by atoms with Crippen molar-refractivity contribution < 1.29 is 38.2 Å². The Hall–Kier alpha value is -4.86. The molecule has 10 nitrogen and oxygen atoms in total. The Morgan fingerprint density at radius 1 is 1.11 bits per heavy atom. The van der Waals surface area contributed by atoms with Gasteiger partial charge < -0.3 is 19.0 Å². The second-order valence-electron chi connectivity index (χ2n) is 7.46. The van der Waals surface area contributed by atoms with Crippen molar-refractivity contribution in [2.24, 2.45) is 0 Å². The Morgan fingerprint density at radius 2 is 1.91 bits per heavy atom. The summed E-state index contributed by atoms with van der Waals surface area (Å²) in [4.78, 5) is 49.9. The fourth-order valence-corrected chi connectivity index (χ4v) is 3.46. The number of carboxylic acids is 1. The highest BCUT2D eigenvalue weighted by Crippen LogP contribution is 2.34. The number of furan rings is 1. The lowest BCUT2D eigenvalue weighted by molar-refractivity contribution is -0.130. The number of rotatable bonds is 8. The van der Waals surface area contributed by atoms with Crippen LogP contribution in [0.15, 0.2) is 70.9 Å². The minimum Gasteiger partial charge on any atom is -0.493 e. The molecule has 0 aliphatic carbocycles. The van der Waals surface area contributed by atoms with E-state index in [9.17, 15) is 24.3 Å². The van der Waals surface area contributed by atoms with Crippen LogP contribution in [0.25, 0.3) is 6.08 Å². The standard InChI is InChI=1S/C25H20N2O8/c1-33-20-9-3-6-16(21(20)35-14-15-5-2-7-17(11-15)24(30)31)12-19-22(28)26-25(32)27(23(19)29)13-18-8-4-10-34-18/h2-12H,13-14H2,1H3,(H,30,31)(H,26,28,32). The Morgan fingerprint density at radius 3 is 2.63 bits per heavy atom. The van der Waals surface area contributed by atoms with E-state index in [-0.39, 0.29) is 30.0 Å². The molecule has 0 radical (unpaired) electrons. The summed E-state index contributed by atoms with van der Waals surface area (Å²) in [5.74, 6) is -1.77. The Kier molecular flexibility index (Phi) is 6.63. The van der Waals surface area contributed by atoms with Gasteiger partial charge in [-0.1, -0.05) is 24.3 Å². The van der Waals surface area contributed by atoms with E-state index in [0.717, 1.165) is 4.90 Å². The van der Waals surface area contributed by atoms with Crippen molar-refractivity contribution in [1.29, 1.82) is 0 Å². The van der Waals surface area contributed by atoms with Gasteiger partial charge in [-0.2, -0.15) is 0 Å². The molecule has 1 saturated heterocycles. The SMILES string of the molecule is COc1cccc(C=C2C(=O)NC(=O)N(Cc3ccco3)C2=O)c1OCc1cccc(C(=O)O)c1. The van der Waals surface area contributed by atoms with Crippen LogP contribution in [0.2, 0.25) is 0 Å². The van der Waals surface area contributed by atoms with Gasteiger partial charge in [0.15, 0.2) is 11.5 Å². The molecule has 0 spiro atoms. The predicted molar refractivity (Wildman–Crippen MR) is 122 cm³/mol. The number of methoxy groups -OCH3 is 1. The van der Waals surface area contributed by atoms with Gasteiger partial charge in [-0.15, -0.1) is 0 Å². The van der Waals surface area contributed by atoms with E-state index in [4.69, 9.17) is 13.9 Å². The van der Waals surface area contributed by atoms with Crippen LogP contribution in [0.4, 0.5) is 4.79 Å². The molecule has 1 aromatic heterocycles. The van der Waals surface area contributed by atoms with Crippen LogP contribution in [0.5, 0.6) is 11.5 Å². The van der Waals surface area contributed by atoms with Crippen molar-refractivity contribution >= 4 is 29.9 Å². The zero-order chi connectivity index (χ0) is 24.9. The van der Waals surface area contributed by atoms with Gasteiger partial charge in [-0.25, -0.2) is 9.59 Å². The molecule has 2 heterocycles. The highest BCUT2D eigenvalue weighted by molar-refractivity contribution is 6.31. The maximum atomic E-state index is 13.0. The van der Waals surface area contributed by atoms with Crippen LogP contribution < -0.4 is 14.8 Å². The maximum Gasteiger partial charge on any atom is 0.335 e. The van der Waals surface area contributed by atoms with E-state index in [2.05, 4.69) is 5.32 Å². The molecule has 0 saturated carbocycles. The van der Waals surface area contributed by atoms with Crippen molar-refractivity contribution in [3.05, 3.63) is 88.9 Å². The molecule has 0 atom stereocenters. The third-order valence-electron chi connectivity index (χ3n) is 5.17. The summed E-state index contributed by atoms with van der Waals surface area (Å²) in [6.45, 7) is -0.148. The molecule has 2 N–H and O–H groups in total. The zero-order valence-electron chi connectivity index (χ0n) is 18.5. The topological polar surface area (TPSA) is 135 Å². The predicted octanol–water partition coefficient (Wildman–Crippen LogP) is 3.23. The number of ether oxygens (including phenoxy) is 2. The first kappa shape index (κ1) is 23.3. The van der Waals surface area contributed by atoms with Crippen LogP contribution in [0.3, 0.4) is 0 Å². The van der Waals surface area contributed by atoms with E-state index in [1.165, 1.54) is 31.6 Å². The number of nitrogens with one attached hydrogen (secondary N) is 1. The van der Waals surface area contributed by atoms with Gasteiger partial charge in [0.1, 0.15) is 17.9 Å². The summed E-state index contributed by atoms with van der Waals surface area (Å²) in [5.41, 5.74) is 0.780. The monoisotopic (exact) mass is 476 g/mol. The summed E-state index contributed by atoms with van der Waals surface area (Å²) in [6, 6.07) is 13.5. The number of imide groups is 2. The number of carbonyl (C=O) groups excluding carboxylic acids is 3. The zero-order valence-corrected chi connectivity index (χ0v) is 18.5. The van der Waals surface area contributed by atoms with Gasteiger partial charge >= 0.3 is 12.0 Å². The van der Waals surface area contributed by atoms with Crippen molar-refractivity contribution in [2.45, 2.75) is 13.2 Å². The van der Waals surface area contributed by atoms with Crippen LogP contribution >= 0.6 is 0 Å². The summed E-state index contributed by atoms with van der Waals surface area (Å²) in [5, 5.41) is 11.4. The van der Waals surface area contributed by atoms with Crippen LogP contribution in [-0.2, 0) is 22.7 Å². The molecule has 178 valence electrons. The number of barbiturate groups is 1. The minimum atomic E-state index is -1.06. The second-order valence-corrected chi connectivity index (χ2v) is 7.46. The van der Waals surface area contributed by atoms with Crippen LogP contribution in [0.1, 0.15) is 27.2 Å². The fourth-order valence-electron chi connectivity index (χ4n) is 3.46. The smallest absolute Gasteiger partial charge is 0.335 e. The largest absolute Gasteiger partial charge is 0.493 e. The number of carboxylic acid groups (broad SMARTS) is 1. The van der Waals surface area contributed by atoms with E-state index in [0.29, 0.717) is 22.6 Å². The molecule has 1 aliphatic rings. The number of nitrogens with zero attached hydrogens (tertiary/aromatic N) is 1. The Balaban J connectivity index is 1.65. The number of amides is 4. The summed E-state index contributed by atoms with van der Waals surface area (Å²) >= 11 is 0. The Bertz CT molecular complexity index is 1330. The maximum absolute atomic E-state index is 13.0. The molecule has 10 heteroatoms. The van der Waals surface area contributed by atoms with Crippen molar-refractivity contribution in [3.8, 4) is 11.5 Å². The molecular formula is C25H20N2O8.